The zero-order valence-electron chi connectivity index (χ0n) is 9.20. The minimum atomic E-state index is -0.593. The maximum Gasteiger partial charge on any atom is 0.340 e. The highest BCUT2D eigenvalue weighted by molar-refractivity contribution is 5.91. The number of carbonyl (C=O) groups excluding carboxylic acids is 1. The number of rotatable bonds is 3. The van der Waals surface area contributed by atoms with Crippen LogP contribution in [0, 0.1) is 0 Å². The van der Waals surface area contributed by atoms with Crippen LogP contribution in [0.3, 0.4) is 0 Å². The number of nitrogen functional groups attached to an aromatic ring is 1. The number of urea groups is 1. The van der Waals surface area contributed by atoms with Crippen molar-refractivity contribution in [1.82, 2.24) is 15.7 Å². The lowest BCUT2D eigenvalue weighted by Gasteiger charge is -1.99. The van der Waals surface area contributed by atoms with E-state index in [4.69, 9.17) is 5.73 Å². The van der Waals surface area contributed by atoms with Gasteiger partial charge in [0.05, 0.1) is 6.21 Å². The van der Waals surface area contributed by atoms with Crippen molar-refractivity contribution in [3.63, 3.8) is 0 Å². The highest BCUT2D eigenvalue weighted by Gasteiger charge is 2.08. The van der Waals surface area contributed by atoms with Crippen LogP contribution >= 0.6 is 0 Å². The standard InChI is InChI=1S/C10H10N6O2/c11-8-9(16-18-15-8)13-10(17)14-12-6-7-4-2-1-3-5-7/h1-6H,(H2,11,15)(H2,13,14,16,17). The van der Waals surface area contributed by atoms with Gasteiger partial charge < -0.3 is 5.73 Å². The van der Waals surface area contributed by atoms with E-state index in [1.54, 1.807) is 0 Å². The number of aromatic nitrogens is 2. The summed E-state index contributed by atoms with van der Waals surface area (Å²) in [7, 11) is 0. The summed E-state index contributed by atoms with van der Waals surface area (Å²) >= 11 is 0. The van der Waals surface area contributed by atoms with Crippen LogP contribution in [0.15, 0.2) is 40.1 Å². The van der Waals surface area contributed by atoms with Gasteiger partial charge in [0.15, 0.2) is 0 Å². The molecule has 2 amide bonds. The number of nitrogens with zero attached hydrogens (tertiary/aromatic N) is 3. The Morgan fingerprint density at radius 3 is 2.78 bits per heavy atom. The predicted octanol–water partition coefficient (Wildman–Crippen LogP) is 0.807. The zero-order valence-corrected chi connectivity index (χ0v) is 9.20. The normalized spacial score (nSPS) is 10.4. The number of hydrogen-bond acceptors (Lipinski definition) is 6. The summed E-state index contributed by atoms with van der Waals surface area (Å²) in [4.78, 5) is 11.4. The minimum Gasteiger partial charge on any atom is -0.378 e. The number of amides is 2. The highest BCUT2D eigenvalue weighted by Crippen LogP contribution is 2.09. The molecule has 1 aromatic heterocycles. The van der Waals surface area contributed by atoms with E-state index >= 15 is 0 Å². The van der Waals surface area contributed by atoms with E-state index in [1.165, 1.54) is 6.21 Å². The van der Waals surface area contributed by atoms with Gasteiger partial charge in [-0.3, -0.25) is 5.32 Å². The van der Waals surface area contributed by atoms with E-state index in [-0.39, 0.29) is 11.6 Å². The number of carbonyl (C=O) groups is 1. The first-order chi connectivity index (χ1) is 8.75. The number of hydrogen-bond donors (Lipinski definition) is 3. The average molecular weight is 246 g/mol. The molecule has 2 rings (SSSR count). The first-order valence-electron chi connectivity index (χ1n) is 4.99. The summed E-state index contributed by atoms with van der Waals surface area (Å²) in [5.74, 6) is 0.0413. The van der Waals surface area contributed by atoms with Crippen LogP contribution < -0.4 is 16.5 Å². The van der Waals surface area contributed by atoms with E-state index in [0.717, 1.165) is 5.56 Å². The van der Waals surface area contributed by atoms with Gasteiger partial charge in [-0.15, -0.1) is 0 Å². The van der Waals surface area contributed by atoms with E-state index in [0.29, 0.717) is 0 Å². The quantitative estimate of drug-likeness (QED) is 0.547. The van der Waals surface area contributed by atoms with Crippen molar-refractivity contribution >= 4 is 23.9 Å². The monoisotopic (exact) mass is 246 g/mol. The van der Waals surface area contributed by atoms with Gasteiger partial charge in [-0.25, -0.2) is 14.8 Å². The van der Waals surface area contributed by atoms with Crippen molar-refractivity contribution in [2.24, 2.45) is 5.10 Å². The lowest BCUT2D eigenvalue weighted by atomic mass is 10.2. The summed E-state index contributed by atoms with van der Waals surface area (Å²) in [5.41, 5.74) is 8.47. The molecule has 1 aromatic carbocycles. The molecule has 8 nitrogen and oxygen atoms in total. The Morgan fingerprint density at radius 1 is 1.33 bits per heavy atom. The second-order valence-corrected chi connectivity index (χ2v) is 3.23. The predicted molar refractivity (Wildman–Crippen MR) is 64.9 cm³/mol. The minimum absolute atomic E-state index is 0.00260. The molecule has 0 fully saturated rings. The molecule has 0 spiro atoms. The van der Waals surface area contributed by atoms with Gasteiger partial charge in [-0.2, -0.15) is 5.10 Å². The Labute approximate surface area is 102 Å². The third-order valence-electron chi connectivity index (χ3n) is 1.93. The maximum absolute atomic E-state index is 11.4. The molecule has 1 heterocycles. The van der Waals surface area contributed by atoms with E-state index in [2.05, 4.69) is 30.8 Å². The molecule has 0 aliphatic heterocycles. The van der Waals surface area contributed by atoms with Crippen molar-refractivity contribution in [1.29, 1.82) is 0 Å². The molecule has 4 N–H and O–H groups in total. The van der Waals surface area contributed by atoms with Gasteiger partial charge in [-0.05, 0) is 15.9 Å². The number of anilines is 2. The van der Waals surface area contributed by atoms with Crippen LogP contribution in [-0.2, 0) is 0 Å². The van der Waals surface area contributed by atoms with E-state index in [9.17, 15) is 4.79 Å². The van der Waals surface area contributed by atoms with Gasteiger partial charge >= 0.3 is 6.03 Å². The zero-order chi connectivity index (χ0) is 12.8. The summed E-state index contributed by atoms with van der Waals surface area (Å²) in [6, 6.07) is 8.72. The van der Waals surface area contributed by atoms with Gasteiger partial charge in [0.2, 0.25) is 11.6 Å². The fourth-order valence-corrected chi connectivity index (χ4v) is 1.12. The second kappa shape index (κ2) is 5.43. The number of nitrogens with one attached hydrogen (secondary N) is 2. The molecule has 0 radical (unpaired) electrons. The summed E-state index contributed by atoms with van der Waals surface area (Å²) in [5, 5.41) is 12.8. The van der Waals surface area contributed by atoms with Gasteiger partial charge in [-0.1, -0.05) is 30.3 Å². The Kier molecular flexibility index (Phi) is 3.50. The first-order valence-corrected chi connectivity index (χ1v) is 4.99. The molecule has 0 bridgehead atoms. The molecule has 2 aromatic rings. The molecular formula is C10H10N6O2. The molecule has 0 saturated heterocycles. The lowest BCUT2D eigenvalue weighted by molar-refractivity contribution is 0.252. The van der Waals surface area contributed by atoms with Crippen LogP contribution in [0.2, 0.25) is 0 Å². The van der Waals surface area contributed by atoms with Crippen LogP contribution in [0.25, 0.3) is 0 Å². The van der Waals surface area contributed by atoms with Gasteiger partial charge in [0.1, 0.15) is 0 Å². The third kappa shape index (κ3) is 3.04. The fraction of sp³-hybridized carbons (Fsp3) is 0. The summed E-state index contributed by atoms with van der Waals surface area (Å²) < 4.78 is 4.31. The molecule has 8 heteroatoms. The maximum atomic E-state index is 11.4. The molecule has 18 heavy (non-hydrogen) atoms. The van der Waals surface area contributed by atoms with E-state index in [1.807, 2.05) is 30.3 Å². The second-order valence-electron chi connectivity index (χ2n) is 3.23. The molecule has 0 aliphatic carbocycles. The number of hydrazone groups is 1. The Balaban J connectivity index is 1.86. The van der Waals surface area contributed by atoms with Crippen molar-refractivity contribution < 1.29 is 9.42 Å². The largest absolute Gasteiger partial charge is 0.378 e. The molecule has 0 saturated carbocycles. The van der Waals surface area contributed by atoms with E-state index < -0.39 is 6.03 Å². The molecular weight excluding hydrogens is 236 g/mol. The number of nitrogens with two attached hydrogens (primary N) is 1. The highest BCUT2D eigenvalue weighted by atomic mass is 16.6. The summed E-state index contributed by atoms with van der Waals surface area (Å²) in [6.07, 6.45) is 1.50. The van der Waals surface area contributed by atoms with Crippen molar-refractivity contribution in [2.45, 2.75) is 0 Å². The smallest absolute Gasteiger partial charge is 0.340 e. The fourth-order valence-electron chi connectivity index (χ4n) is 1.12. The summed E-state index contributed by atoms with van der Waals surface area (Å²) in [6.45, 7) is 0. The molecule has 0 unspecified atom stereocenters. The third-order valence-corrected chi connectivity index (χ3v) is 1.93. The lowest BCUT2D eigenvalue weighted by Crippen LogP contribution is -2.24. The molecule has 0 atom stereocenters. The average Bonchev–Trinajstić information content (AvgIpc) is 2.76. The molecule has 0 aliphatic rings. The van der Waals surface area contributed by atoms with Crippen LogP contribution in [0.4, 0.5) is 16.4 Å². The van der Waals surface area contributed by atoms with Crippen LogP contribution in [0.5, 0.6) is 0 Å². The van der Waals surface area contributed by atoms with Gasteiger partial charge in [0, 0.05) is 0 Å². The Hall–Kier alpha value is -2.90. The SMILES string of the molecule is Nc1nonc1NC(=O)NN=Cc1ccccc1. The van der Waals surface area contributed by atoms with Crippen molar-refractivity contribution in [3.05, 3.63) is 35.9 Å². The first kappa shape index (κ1) is 11.6. The Bertz CT molecular complexity index is 551. The molecule has 92 valence electrons. The van der Waals surface area contributed by atoms with Gasteiger partial charge in [0.25, 0.3) is 0 Å². The number of benzene rings is 1. The Morgan fingerprint density at radius 2 is 2.11 bits per heavy atom. The van der Waals surface area contributed by atoms with Crippen LogP contribution in [-0.4, -0.2) is 22.6 Å². The van der Waals surface area contributed by atoms with Crippen LogP contribution in [0.1, 0.15) is 5.56 Å². The van der Waals surface area contributed by atoms with Crippen molar-refractivity contribution in [3.8, 4) is 0 Å². The van der Waals surface area contributed by atoms with Crippen molar-refractivity contribution in [2.75, 3.05) is 11.1 Å². The topological polar surface area (TPSA) is 118 Å².